The van der Waals surface area contributed by atoms with Crippen LogP contribution >= 0.6 is 23.2 Å². The quantitative estimate of drug-likeness (QED) is 0.484. The van der Waals surface area contributed by atoms with Gasteiger partial charge in [-0.15, -0.1) is 10.2 Å². The lowest BCUT2D eigenvalue weighted by Gasteiger charge is -2.18. The molecule has 2 aromatic heterocycles. The maximum atomic E-state index is 6.18. The van der Waals surface area contributed by atoms with Gasteiger partial charge in [-0.05, 0) is 12.1 Å². The van der Waals surface area contributed by atoms with E-state index >= 15 is 0 Å². The van der Waals surface area contributed by atoms with Crippen LogP contribution in [0.3, 0.4) is 0 Å². The Bertz CT molecular complexity index is 1130. The van der Waals surface area contributed by atoms with Crippen molar-refractivity contribution in [3.05, 3.63) is 64.2 Å². The van der Waals surface area contributed by atoms with E-state index in [2.05, 4.69) is 20.3 Å². The predicted molar refractivity (Wildman–Crippen MR) is 106 cm³/mol. The van der Waals surface area contributed by atoms with E-state index in [9.17, 15) is 0 Å². The number of hydrogen-bond donors (Lipinski definition) is 0. The van der Waals surface area contributed by atoms with Gasteiger partial charge in [0.2, 0.25) is 5.89 Å². The van der Waals surface area contributed by atoms with Crippen LogP contribution in [0.2, 0.25) is 10.0 Å². The molecule has 0 N–H and O–H groups in total. The third kappa shape index (κ3) is 3.46. The Kier molecular flexibility index (Phi) is 4.68. The smallest absolute Gasteiger partial charge is 0.223 e. The summed E-state index contributed by atoms with van der Waals surface area (Å²) in [6.07, 6.45) is 0. The monoisotopic (exact) mass is 399 g/mol. The molecule has 0 saturated carbocycles. The number of aryl methyl sites for hydroxylation is 1. The number of halogens is 2. The molecule has 136 valence electrons. The highest BCUT2D eigenvalue weighted by Gasteiger charge is 2.16. The summed E-state index contributed by atoms with van der Waals surface area (Å²) >= 11 is 12.2. The molecule has 2 heterocycles. The molecular weight excluding hydrogens is 385 g/mol. The summed E-state index contributed by atoms with van der Waals surface area (Å²) < 4.78 is 5.04. The SMILES string of the molecule is Cc1nc(CN(C)c2nnc(-c3ccc(Cl)c(Cl)c3)c3ccccc23)no1. The first-order valence-corrected chi connectivity index (χ1v) is 8.99. The number of anilines is 1. The highest BCUT2D eigenvalue weighted by molar-refractivity contribution is 6.42. The Morgan fingerprint density at radius 1 is 1.00 bits per heavy atom. The Hall–Kier alpha value is -2.70. The van der Waals surface area contributed by atoms with Crippen LogP contribution in [0.15, 0.2) is 47.0 Å². The molecule has 0 bridgehead atoms. The van der Waals surface area contributed by atoms with Gasteiger partial charge in [0, 0.05) is 30.3 Å². The molecule has 0 aliphatic carbocycles. The average Bonchev–Trinajstić information content (AvgIpc) is 3.07. The summed E-state index contributed by atoms with van der Waals surface area (Å²) in [5.74, 6) is 1.86. The van der Waals surface area contributed by atoms with E-state index in [1.807, 2.05) is 42.3 Å². The number of hydrogen-bond acceptors (Lipinski definition) is 6. The number of fused-ring (bicyclic) bond motifs is 1. The second kappa shape index (κ2) is 7.13. The summed E-state index contributed by atoms with van der Waals surface area (Å²) in [6, 6.07) is 13.4. The van der Waals surface area contributed by atoms with Crippen LogP contribution in [0, 0.1) is 6.92 Å². The standard InChI is InChI=1S/C19H15Cl2N5O/c1-11-22-17(25-27-11)10-26(2)19-14-6-4-3-5-13(14)18(23-24-19)12-7-8-15(20)16(21)9-12/h3-9H,10H2,1-2H3. The minimum Gasteiger partial charge on any atom is -0.350 e. The number of benzene rings is 2. The zero-order valence-corrected chi connectivity index (χ0v) is 16.2. The zero-order chi connectivity index (χ0) is 19.0. The van der Waals surface area contributed by atoms with E-state index < -0.39 is 0 Å². The van der Waals surface area contributed by atoms with Gasteiger partial charge in [-0.2, -0.15) is 4.98 Å². The molecule has 0 amide bonds. The fraction of sp³-hybridized carbons (Fsp3) is 0.158. The highest BCUT2D eigenvalue weighted by atomic mass is 35.5. The van der Waals surface area contributed by atoms with E-state index in [1.165, 1.54) is 0 Å². The summed E-state index contributed by atoms with van der Waals surface area (Å²) in [4.78, 5) is 6.19. The van der Waals surface area contributed by atoms with E-state index in [-0.39, 0.29) is 0 Å². The summed E-state index contributed by atoms with van der Waals surface area (Å²) in [5.41, 5.74) is 1.60. The van der Waals surface area contributed by atoms with Crippen molar-refractivity contribution in [3.63, 3.8) is 0 Å². The molecule has 0 aliphatic heterocycles. The topological polar surface area (TPSA) is 67.9 Å². The molecule has 4 aromatic rings. The normalized spacial score (nSPS) is 11.1. The molecule has 0 atom stereocenters. The molecule has 0 fully saturated rings. The van der Waals surface area contributed by atoms with Crippen LogP contribution in [-0.2, 0) is 6.54 Å². The maximum absolute atomic E-state index is 6.18. The van der Waals surface area contributed by atoms with Gasteiger partial charge in [-0.3, -0.25) is 0 Å². The van der Waals surface area contributed by atoms with Crippen molar-refractivity contribution >= 4 is 39.8 Å². The second-order valence-corrected chi connectivity index (χ2v) is 6.95. The van der Waals surface area contributed by atoms with Crippen molar-refractivity contribution in [2.24, 2.45) is 0 Å². The minimum absolute atomic E-state index is 0.460. The van der Waals surface area contributed by atoms with Crippen LogP contribution in [0.1, 0.15) is 11.7 Å². The van der Waals surface area contributed by atoms with Crippen molar-refractivity contribution in [1.82, 2.24) is 20.3 Å². The van der Waals surface area contributed by atoms with E-state index in [0.717, 1.165) is 27.8 Å². The average molecular weight is 400 g/mol. The molecule has 0 aliphatic rings. The Morgan fingerprint density at radius 3 is 2.48 bits per heavy atom. The largest absolute Gasteiger partial charge is 0.350 e. The summed E-state index contributed by atoms with van der Waals surface area (Å²) in [5, 5.41) is 15.8. The predicted octanol–water partition coefficient (Wildman–Crippen LogP) is 4.93. The Balaban J connectivity index is 1.79. The van der Waals surface area contributed by atoms with Crippen LogP contribution < -0.4 is 4.90 Å². The molecule has 8 heteroatoms. The molecular formula is C19H15Cl2N5O. The molecule has 0 unspecified atom stereocenters. The Morgan fingerprint density at radius 2 is 1.78 bits per heavy atom. The van der Waals surface area contributed by atoms with Gasteiger partial charge < -0.3 is 9.42 Å². The second-order valence-electron chi connectivity index (χ2n) is 6.13. The fourth-order valence-electron chi connectivity index (χ4n) is 2.92. The summed E-state index contributed by atoms with van der Waals surface area (Å²) in [7, 11) is 1.92. The zero-order valence-electron chi connectivity index (χ0n) is 14.6. The van der Waals surface area contributed by atoms with Crippen LogP contribution in [0.25, 0.3) is 22.0 Å². The van der Waals surface area contributed by atoms with Crippen molar-refractivity contribution in [3.8, 4) is 11.3 Å². The molecule has 4 rings (SSSR count). The van der Waals surface area contributed by atoms with E-state index in [1.54, 1.807) is 19.1 Å². The van der Waals surface area contributed by atoms with Gasteiger partial charge in [0.15, 0.2) is 11.6 Å². The first-order chi connectivity index (χ1) is 13.0. The molecule has 6 nitrogen and oxygen atoms in total. The Labute approximate surface area is 165 Å². The number of nitrogens with zero attached hydrogens (tertiary/aromatic N) is 5. The fourth-order valence-corrected chi connectivity index (χ4v) is 3.22. The number of aromatic nitrogens is 4. The van der Waals surface area contributed by atoms with Gasteiger partial charge in [0.25, 0.3) is 0 Å². The first-order valence-electron chi connectivity index (χ1n) is 8.24. The van der Waals surface area contributed by atoms with Crippen LogP contribution in [0.4, 0.5) is 5.82 Å². The lowest BCUT2D eigenvalue weighted by molar-refractivity contribution is 0.387. The summed E-state index contributed by atoms with van der Waals surface area (Å²) in [6.45, 7) is 2.22. The van der Waals surface area contributed by atoms with Gasteiger partial charge in [-0.1, -0.05) is 58.7 Å². The van der Waals surface area contributed by atoms with Gasteiger partial charge in [0.1, 0.15) is 5.69 Å². The third-order valence-corrected chi connectivity index (χ3v) is 4.91. The van der Waals surface area contributed by atoms with Crippen molar-refractivity contribution in [2.45, 2.75) is 13.5 Å². The lowest BCUT2D eigenvalue weighted by atomic mass is 10.0. The molecule has 0 saturated heterocycles. The molecule has 0 spiro atoms. The lowest BCUT2D eigenvalue weighted by Crippen LogP contribution is -2.19. The van der Waals surface area contributed by atoms with Crippen molar-refractivity contribution in [2.75, 3.05) is 11.9 Å². The molecule has 27 heavy (non-hydrogen) atoms. The van der Waals surface area contributed by atoms with E-state index in [4.69, 9.17) is 27.7 Å². The third-order valence-electron chi connectivity index (χ3n) is 4.17. The van der Waals surface area contributed by atoms with Crippen molar-refractivity contribution < 1.29 is 4.52 Å². The first kappa shape index (κ1) is 17.7. The van der Waals surface area contributed by atoms with Gasteiger partial charge in [-0.25, -0.2) is 0 Å². The molecule has 0 radical (unpaired) electrons. The van der Waals surface area contributed by atoms with Crippen LogP contribution in [0.5, 0.6) is 0 Å². The maximum Gasteiger partial charge on any atom is 0.223 e. The van der Waals surface area contributed by atoms with Gasteiger partial charge >= 0.3 is 0 Å². The minimum atomic E-state index is 0.460. The van der Waals surface area contributed by atoms with Gasteiger partial charge in [0.05, 0.1) is 16.6 Å². The number of rotatable bonds is 4. The highest BCUT2D eigenvalue weighted by Crippen LogP contribution is 2.34. The molecule has 2 aromatic carbocycles. The van der Waals surface area contributed by atoms with E-state index in [0.29, 0.717) is 28.3 Å². The van der Waals surface area contributed by atoms with Crippen LogP contribution in [-0.4, -0.2) is 27.4 Å². The van der Waals surface area contributed by atoms with Crippen molar-refractivity contribution in [1.29, 1.82) is 0 Å².